The van der Waals surface area contributed by atoms with Crippen molar-refractivity contribution in [3.05, 3.63) is 194 Å². The highest BCUT2D eigenvalue weighted by Crippen LogP contribution is 2.47. The molecule has 10 aromatic rings. The largest absolute Gasteiger partial charge is 0.0622 e. The highest BCUT2D eigenvalue weighted by atomic mass is 14.2. The number of hydrogen-bond acceptors (Lipinski definition) is 0. The first-order valence-corrected chi connectivity index (χ1v) is 18.3. The Hall–Kier alpha value is -6.50. The molecular weight excluding hydrogens is 625 g/mol. The SMILES string of the molecule is CCc1c2ccccc2cc2c1ccc1c(-c3c4ccccc4c(-c4cc(-c5ccccc5)cc(-c5ccccc5)c4)c4ccccc34)cccc12. The van der Waals surface area contributed by atoms with Crippen LogP contribution in [0.4, 0.5) is 0 Å². The predicted molar refractivity (Wildman–Crippen MR) is 225 cm³/mol. The quantitative estimate of drug-likeness (QED) is 0.127. The van der Waals surface area contributed by atoms with Crippen molar-refractivity contribution in [1.29, 1.82) is 0 Å². The van der Waals surface area contributed by atoms with Gasteiger partial charge in [-0.15, -0.1) is 0 Å². The molecule has 0 atom stereocenters. The average molecular weight is 661 g/mol. The Morgan fingerprint density at radius 1 is 0.288 bits per heavy atom. The van der Waals surface area contributed by atoms with E-state index in [1.54, 1.807) is 0 Å². The van der Waals surface area contributed by atoms with Crippen LogP contribution < -0.4 is 0 Å². The molecule has 0 nitrogen and oxygen atoms in total. The molecule has 0 aromatic heterocycles. The minimum Gasteiger partial charge on any atom is -0.0622 e. The van der Waals surface area contributed by atoms with Crippen LogP contribution in [0.25, 0.3) is 98.4 Å². The third-order valence-electron chi connectivity index (χ3n) is 11.0. The van der Waals surface area contributed by atoms with Crippen LogP contribution in [0.15, 0.2) is 188 Å². The topological polar surface area (TPSA) is 0 Å². The fraction of sp³-hybridized carbons (Fsp3) is 0.0385. The number of rotatable bonds is 5. The summed E-state index contributed by atoms with van der Waals surface area (Å²) in [6.45, 7) is 2.28. The summed E-state index contributed by atoms with van der Waals surface area (Å²) in [5.74, 6) is 0. The van der Waals surface area contributed by atoms with Crippen molar-refractivity contribution in [3.63, 3.8) is 0 Å². The van der Waals surface area contributed by atoms with Gasteiger partial charge in [-0.3, -0.25) is 0 Å². The fourth-order valence-corrected chi connectivity index (χ4v) is 8.69. The maximum Gasteiger partial charge on any atom is -0.00201 e. The van der Waals surface area contributed by atoms with Gasteiger partial charge in [0.1, 0.15) is 0 Å². The molecule has 0 heterocycles. The first kappa shape index (κ1) is 30.3. The molecule has 0 saturated carbocycles. The molecule has 52 heavy (non-hydrogen) atoms. The Labute approximate surface area is 304 Å². The normalized spacial score (nSPS) is 11.6. The van der Waals surface area contributed by atoms with E-state index >= 15 is 0 Å². The van der Waals surface area contributed by atoms with Gasteiger partial charge in [0.25, 0.3) is 0 Å². The monoisotopic (exact) mass is 660 g/mol. The smallest absolute Gasteiger partial charge is 0.00201 e. The first-order chi connectivity index (χ1) is 25.8. The Morgan fingerprint density at radius 3 is 1.37 bits per heavy atom. The summed E-state index contributed by atoms with van der Waals surface area (Å²) in [4.78, 5) is 0. The number of hydrogen-bond donors (Lipinski definition) is 0. The molecule has 10 rings (SSSR count). The van der Waals surface area contributed by atoms with E-state index in [0.717, 1.165) is 6.42 Å². The van der Waals surface area contributed by atoms with Crippen molar-refractivity contribution in [3.8, 4) is 44.5 Å². The van der Waals surface area contributed by atoms with Gasteiger partial charge in [0, 0.05) is 0 Å². The van der Waals surface area contributed by atoms with Gasteiger partial charge in [0.2, 0.25) is 0 Å². The van der Waals surface area contributed by atoms with Crippen LogP contribution in [0.5, 0.6) is 0 Å². The predicted octanol–water partition coefficient (Wildman–Crippen LogP) is 14.7. The maximum absolute atomic E-state index is 2.40. The minimum atomic E-state index is 0.997. The molecule has 0 aliphatic rings. The van der Waals surface area contributed by atoms with Crippen molar-refractivity contribution in [2.24, 2.45) is 0 Å². The lowest BCUT2D eigenvalue weighted by Crippen LogP contribution is -1.93. The number of aryl methyl sites for hydroxylation is 1. The second kappa shape index (κ2) is 12.4. The van der Waals surface area contributed by atoms with Crippen LogP contribution >= 0.6 is 0 Å². The van der Waals surface area contributed by atoms with Gasteiger partial charge in [-0.1, -0.05) is 171 Å². The zero-order valence-corrected chi connectivity index (χ0v) is 29.1. The van der Waals surface area contributed by atoms with Gasteiger partial charge < -0.3 is 0 Å². The summed E-state index contributed by atoms with van der Waals surface area (Å²) in [5.41, 5.74) is 11.3. The molecule has 0 N–H and O–H groups in total. The standard InChI is InChI=1S/C52H36/c1-2-40-41-21-10-9-20-36(41)33-50-42-26-15-27-45(44(42)29-28-43(40)50)52-48-24-13-11-22-46(48)51(47-23-12-14-25-49(47)52)39-31-37(34-16-5-3-6-17-34)30-38(32-39)35-18-7-4-8-19-35/h3-33H,2H2,1H3. The van der Waals surface area contributed by atoms with E-state index in [9.17, 15) is 0 Å². The molecule has 0 bridgehead atoms. The first-order valence-electron chi connectivity index (χ1n) is 18.3. The molecule has 0 amide bonds. The van der Waals surface area contributed by atoms with Gasteiger partial charge in [-0.25, -0.2) is 0 Å². The molecule has 0 radical (unpaired) electrons. The second-order valence-corrected chi connectivity index (χ2v) is 13.9. The van der Waals surface area contributed by atoms with E-state index in [1.165, 1.54) is 104 Å². The molecule has 0 unspecified atom stereocenters. The molecule has 0 fully saturated rings. The second-order valence-electron chi connectivity index (χ2n) is 13.9. The summed E-state index contributed by atoms with van der Waals surface area (Å²) in [7, 11) is 0. The molecule has 0 spiro atoms. The molecule has 0 heteroatoms. The van der Waals surface area contributed by atoms with Crippen molar-refractivity contribution < 1.29 is 0 Å². The van der Waals surface area contributed by atoms with Gasteiger partial charge in [0.05, 0.1) is 0 Å². The van der Waals surface area contributed by atoms with Crippen LogP contribution in [0.2, 0.25) is 0 Å². The summed E-state index contributed by atoms with van der Waals surface area (Å²) in [5, 5.41) is 13.0. The van der Waals surface area contributed by atoms with Gasteiger partial charge in [-0.2, -0.15) is 0 Å². The van der Waals surface area contributed by atoms with Crippen LogP contribution in [-0.2, 0) is 6.42 Å². The summed E-state index contributed by atoms with van der Waals surface area (Å²) >= 11 is 0. The third-order valence-corrected chi connectivity index (χ3v) is 11.0. The van der Waals surface area contributed by atoms with Crippen molar-refractivity contribution in [1.82, 2.24) is 0 Å². The van der Waals surface area contributed by atoms with Crippen molar-refractivity contribution in [2.75, 3.05) is 0 Å². The minimum absolute atomic E-state index is 0.997. The highest BCUT2D eigenvalue weighted by molar-refractivity contribution is 6.25. The Kier molecular flexibility index (Phi) is 7.22. The van der Waals surface area contributed by atoms with Crippen LogP contribution in [0.3, 0.4) is 0 Å². The Balaban J connectivity index is 1.29. The average Bonchev–Trinajstić information content (AvgIpc) is 3.22. The maximum atomic E-state index is 2.40. The Bertz CT molecular complexity index is 2850. The lowest BCUT2D eigenvalue weighted by atomic mass is 9.83. The zero-order chi connectivity index (χ0) is 34.6. The molecule has 10 aromatic carbocycles. The van der Waals surface area contributed by atoms with Crippen LogP contribution in [-0.4, -0.2) is 0 Å². The van der Waals surface area contributed by atoms with Gasteiger partial charge >= 0.3 is 0 Å². The molecule has 0 aliphatic heterocycles. The number of fused-ring (bicyclic) bond motifs is 6. The highest BCUT2D eigenvalue weighted by Gasteiger charge is 2.20. The van der Waals surface area contributed by atoms with E-state index in [1.807, 2.05) is 0 Å². The van der Waals surface area contributed by atoms with Crippen LogP contribution in [0.1, 0.15) is 12.5 Å². The zero-order valence-electron chi connectivity index (χ0n) is 29.1. The van der Waals surface area contributed by atoms with Crippen molar-refractivity contribution >= 4 is 53.9 Å². The van der Waals surface area contributed by atoms with Gasteiger partial charge in [-0.05, 0) is 135 Å². The van der Waals surface area contributed by atoms with Crippen LogP contribution in [0, 0.1) is 0 Å². The summed E-state index contributed by atoms with van der Waals surface area (Å²) in [6, 6.07) is 69.6. The number of benzene rings is 10. The fourth-order valence-electron chi connectivity index (χ4n) is 8.69. The molecule has 244 valence electrons. The molecular formula is C52H36. The molecule has 0 aliphatic carbocycles. The summed E-state index contributed by atoms with van der Waals surface area (Å²) in [6.07, 6.45) is 0.997. The Morgan fingerprint density at radius 2 is 0.769 bits per heavy atom. The van der Waals surface area contributed by atoms with E-state index in [2.05, 4.69) is 195 Å². The summed E-state index contributed by atoms with van der Waals surface area (Å²) < 4.78 is 0. The lowest BCUT2D eigenvalue weighted by molar-refractivity contribution is 1.18. The van der Waals surface area contributed by atoms with E-state index in [-0.39, 0.29) is 0 Å². The van der Waals surface area contributed by atoms with E-state index in [4.69, 9.17) is 0 Å². The molecule has 0 saturated heterocycles. The lowest BCUT2D eigenvalue weighted by Gasteiger charge is -2.20. The van der Waals surface area contributed by atoms with E-state index in [0.29, 0.717) is 0 Å². The van der Waals surface area contributed by atoms with Gasteiger partial charge in [0.15, 0.2) is 0 Å². The third kappa shape index (κ3) is 4.83. The van der Waals surface area contributed by atoms with E-state index < -0.39 is 0 Å². The van der Waals surface area contributed by atoms with Crippen molar-refractivity contribution in [2.45, 2.75) is 13.3 Å².